The van der Waals surface area contributed by atoms with Crippen LogP contribution in [0.3, 0.4) is 0 Å². The Labute approximate surface area is 137 Å². The summed E-state index contributed by atoms with van der Waals surface area (Å²) in [7, 11) is -3.50. The number of amides is 1. The van der Waals surface area contributed by atoms with Crippen LogP contribution < -0.4 is 10.0 Å². The van der Waals surface area contributed by atoms with Crippen molar-refractivity contribution < 1.29 is 13.2 Å². The number of rotatable bonds is 5. The maximum atomic E-state index is 12.4. The molecule has 0 heterocycles. The van der Waals surface area contributed by atoms with E-state index in [1.54, 1.807) is 26.0 Å². The summed E-state index contributed by atoms with van der Waals surface area (Å²) in [4.78, 5) is 12.6. The van der Waals surface area contributed by atoms with Crippen LogP contribution in [0.2, 0.25) is 0 Å². The Hall–Kier alpha value is -1.66. The van der Waals surface area contributed by atoms with Crippen molar-refractivity contribution in [2.45, 2.75) is 37.6 Å². The van der Waals surface area contributed by atoms with E-state index in [0.717, 1.165) is 12.8 Å². The lowest BCUT2D eigenvalue weighted by molar-refractivity contribution is -0.120. The molecule has 5 nitrogen and oxygen atoms in total. The van der Waals surface area contributed by atoms with E-state index in [1.165, 1.54) is 12.1 Å². The Balaban J connectivity index is 1.66. The van der Waals surface area contributed by atoms with Gasteiger partial charge in [0.05, 0.1) is 4.90 Å². The van der Waals surface area contributed by atoms with Crippen LogP contribution in [0.5, 0.6) is 0 Å². The molecule has 3 rings (SSSR count). The van der Waals surface area contributed by atoms with E-state index < -0.39 is 10.0 Å². The van der Waals surface area contributed by atoms with E-state index in [-0.39, 0.29) is 22.8 Å². The molecule has 0 saturated heterocycles. The highest BCUT2D eigenvalue weighted by Crippen LogP contribution is 2.43. The SMILES string of the molecule is CC(C)NS(=O)(=O)c1ccc(NC(=O)[C@@H]2C[C@@H]3C=C[C@H]2C3)cc1. The zero-order valence-electron chi connectivity index (χ0n) is 13.3. The van der Waals surface area contributed by atoms with Crippen LogP contribution in [0.15, 0.2) is 41.3 Å². The average molecular weight is 334 g/mol. The van der Waals surface area contributed by atoms with Gasteiger partial charge in [-0.2, -0.15) is 0 Å². The van der Waals surface area contributed by atoms with Crippen LogP contribution in [-0.4, -0.2) is 20.4 Å². The lowest BCUT2D eigenvalue weighted by Gasteiger charge is -2.17. The van der Waals surface area contributed by atoms with Gasteiger partial charge in [0.1, 0.15) is 0 Å². The summed E-state index contributed by atoms with van der Waals surface area (Å²) >= 11 is 0. The molecule has 2 N–H and O–H groups in total. The van der Waals surface area contributed by atoms with Gasteiger partial charge in [-0.15, -0.1) is 0 Å². The molecule has 1 saturated carbocycles. The van der Waals surface area contributed by atoms with Crippen LogP contribution in [0.4, 0.5) is 5.69 Å². The first-order chi connectivity index (χ1) is 10.8. The van der Waals surface area contributed by atoms with Crippen LogP contribution in [0.1, 0.15) is 26.7 Å². The first-order valence-electron chi connectivity index (χ1n) is 7.97. The van der Waals surface area contributed by atoms with Gasteiger partial charge >= 0.3 is 0 Å². The fraction of sp³-hybridized carbons (Fsp3) is 0.471. The van der Waals surface area contributed by atoms with Gasteiger partial charge in [-0.3, -0.25) is 4.79 Å². The molecule has 0 radical (unpaired) electrons. The summed E-state index contributed by atoms with van der Waals surface area (Å²) in [5, 5.41) is 2.90. The lowest BCUT2D eigenvalue weighted by atomic mass is 9.93. The van der Waals surface area contributed by atoms with Crippen LogP contribution >= 0.6 is 0 Å². The zero-order valence-corrected chi connectivity index (χ0v) is 14.1. The largest absolute Gasteiger partial charge is 0.326 e. The average Bonchev–Trinajstić information content (AvgIpc) is 3.09. The zero-order chi connectivity index (χ0) is 16.6. The van der Waals surface area contributed by atoms with E-state index in [2.05, 4.69) is 22.2 Å². The van der Waals surface area contributed by atoms with Crippen molar-refractivity contribution in [1.82, 2.24) is 4.72 Å². The van der Waals surface area contributed by atoms with Gasteiger partial charge in [-0.1, -0.05) is 12.2 Å². The van der Waals surface area contributed by atoms with Crippen molar-refractivity contribution in [1.29, 1.82) is 0 Å². The topological polar surface area (TPSA) is 75.3 Å². The Bertz CT molecular complexity index is 723. The molecule has 23 heavy (non-hydrogen) atoms. The molecule has 6 heteroatoms. The van der Waals surface area contributed by atoms with Gasteiger partial charge in [0, 0.05) is 17.6 Å². The van der Waals surface area contributed by atoms with Gasteiger partial charge in [0.2, 0.25) is 15.9 Å². The highest BCUT2D eigenvalue weighted by molar-refractivity contribution is 7.89. The summed E-state index contributed by atoms with van der Waals surface area (Å²) in [6.45, 7) is 3.55. The smallest absolute Gasteiger partial charge is 0.240 e. The highest BCUT2D eigenvalue weighted by Gasteiger charge is 2.39. The molecule has 0 unspecified atom stereocenters. The van der Waals surface area contributed by atoms with Gasteiger partial charge in [-0.25, -0.2) is 13.1 Å². The van der Waals surface area contributed by atoms with Gasteiger partial charge in [0.25, 0.3) is 0 Å². The molecule has 1 fully saturated rings. The predicted octanol–water partition coefficient (Wildman–Crippen LogP) is 2.52. The minimum absolute atomic E-state index is 0.0257. The van der Waals surface area contributed by atoms with E-state index in [1.807, 2.05) is 0 Å². The van der Waals surface area contributed by atoms with E-state index in [4.69, 9.17) is 0 Å². The molecule has 1 aromatic carbocycles. The first kappa shape index (κ1) is 16.2. The molecule has 0 aromatic heterocycles. The monoisotopic (exact) mass is 334 g/mol. The number of carbonyl (C=O) groups is 1. The fourth-order valence-corrected chi connectivity index (χ4v) is 4.66. The van der Waals surface area contributed by atoms with E-state index in [0.29, 0.717) is 17.5 Å². The minimum Gasteiger partial charge on any atom is -0.326 e. The third-order valence-electron chi connectivity index (χ3n) is 4.44. The normalized spacial score (nSPS) is 26.0. The molecule has 0 spiro atoms. The number of hydrogen-bond acceptors (Lipinski definition) is 3. The molecule has 2 aliphatic rings. The van der Waals surface area contributed by atoms with Gasteiger partial charge in [-0.05, 0) is 62.8 Å². The summed E-state index contributed by atoms with van der Waals surface area (Å²) in [6.07, 6.45) is 6.34. The third-order valence-corrected chi connectivity index (χ3v) is 6.11. The molecule has 2 aliphatic carbocycles. The van der Waals surface area contributed by atoms with Crippen molar-refractivity contribution in [3.05, 3.63) is 36.4 Å². The Morgan fingerprint density at radius 3 is 2.35 bits per heavy atom. The summed E-state index contributed by atoms with van der Waals surface area (Å²) < 4.78 is 26.7. The first-order valence-corrected chi connectivity index (χ1v) is 9.45. The summed E-state index contributed by atoms with van der Waals surface area (Å²) in [5.41, 5.74) is 0.630. The number of sulfonamides is 1. The fourth-order valence-electron chi connectivity index (χ4n) is 3.41. The van der Waals surface area contributed by atoms with Gasteiger partial charge in [0.15, 0.2) is 0 Å². The quantitative estimate of drug-likeness (QED) is 0.813. The molecule has 0 aliphatic heterocycles. The molecule has 3 atom stereocenters. The van der Waals surface area contributed by atoms with E-state index >= 15 is 0 Å². The number of fused-ring (bicyclic) bond motifs is 2. The van der Waals surface area contributed by atoms with E-state index in [9.17, 15) is 13.2 Å². The lowest BCUT2D eigenvalue weighted by Crippen LogP contribution is -2.30. The molecule has 2 bridgehead atoms. The highest BCUT2D eigenvalue weighted by atomic mass is 32.2. The molecule has 1 amide bonds. The van der Waals surface area contributed by atoms with Gasteiger partial charge < -0.3 is 5.32 Å². The Morgan fingerprint density at radius 2 is 1.83 bits per heavy atom. The molecule has 124 valence electrons. The molecular weight excluding hydrogens is 312 g/mol. The van der Waals surface area contributed by atoms with Crippen molar-refractivity contribution >= 4 is 21.6 Å². The minimum atomic E-state index is -3.50. The molecular formula is C17H22N2O3S. The second-order valence-corrected chi connectivity index (χ2v) is 8.39. The number of benzene rings is 1. The maximum absolute atomic E-state index is 12.4. The predicted molar refractivity (Wildman–Crippen MR) is 89.4 cm³/mol. The number of hydrogen-bond donors (Lipinski definition) is 2. The standard InChI is InChI=1S/C17H22N2O3S/c1-11(2)19-23(21,22)15-7-5-14(6-8-15)18-17(20)16-10-12-3-4-13(16)9-12/h3-8,11-13,16,19H,9-10H2,1-2H3,(H,18,20)/t12-,13+,16-/m1/s1. The summed E-state index contributed by atoms with van der Waals surface area (Å²) in [6, 6.07) is 6.14. The second-order valence-electron chi connectivity index (χ2n) is 6.68. The maximum Gasteiger partial charge on any atom is 0.240 e. The van der Waals surface area contributed by atoms with Crippen molar-refractivity contribution in [3.63, 3.8) is 0 Å². The van der Waals surface area contributed by atoms with Crippen molar-refractivity contribution in [2.24, 2.45) is 17.8 Å². The van der Waals surface area contributed by atoms with Crippen LogP contribution in [0.25, 0.3) is 0 Å². The summed E-state index contributed by atoms with van der Waals surface area (Å²) in [5.74, 6) is 0.967. The van der Waals surface area contributed by atoms with Crippen LogP contribution in [-0.2, 0) is 14.8 Å². The molecule has 1 aromatic rings. The number of anilines is 1. The van der Waals surface area contributed by atoms with Crippen LogP contribution in [0, 0.1) is 17.8 Å². The number of nitrogens with one attached hydrogen (secondary N) is 2. The Kier molecular flexibility index (Phi) is 4.29. The Morgan fingerprint density at radius 1 is 1.13 bits per heavy atom. The van der Waals surface area contributed by atoms with Crippen molar-refractivity contribution in [3.8, 4) is 0 Å². The van der Waals surface area contributed by atoms with Crippen molar-refractivity contribution in [2.75, 3.05) is 5.32 Å². The second kappa shape index (κ2) is 6.09. The third kappa shape index (κ3) is 3.48. The number of carbonyl (C=O) groups excluding carboxylic acids is 1. The number of allylic oxidation sites excluding steroid dienone is 2.